The summed E-state index contributed by atoms with van der Waals surface area (Å²) >= 11 is 0. The summed E-state index contributed by atoms with van der Waals surface area (Å²) in [6.45, 7) is 9.34. The molecular weight excluding hydrogens is 347 g/mol. The summed E-state index contributed by atoms with van der Waals surface area (Å²) in [6.07, 6.45) is 0. The molecule has 1 aromatic carbocycles. The zero-order valence-electron chi connectivity index (χ0n) is 16.0. The predicted molar refractivity (Wildman–Crippen MR) is 101 cm³/mol. The Hall–Kier alpha value is -2.41. The number of likely N-dealkylation sites (tertiary alicyclic amines) is 1. The summed E-state index contributed by atoms with van der Waals surface area (Å²) in [6, 6.07) is 5.62. The fourth-order valence-corrected chi connectivity index (χ4v) is 3.95. The van der Waals surface area contributed by atoms with Crippen molar-refractivity contribution in [2.75, 3.05) is 13.1 Å². The first-order chi connectivity index (χ1) is 12.6. The van der Waals surface area contributed by atoms with Crippen LogP contribution in [0.2, 0.25) is 0 Å². The van der Waals surface area contributed by atoms with Gasteiger partial charge in [-0.25, -0.2) is 4.39 Å². The zero-order valence-corrected chi connectivity index (χ0v) is 16.0. The van der Waals surface area contributed by atoms with Crippen molar-refractivity contribution in [2.24, 2.45) is 5.41 Å². The molecule has 0 saturated carbocycles. The molecule has 6 nitrogen and oxygen atoms in total. The van der Waals surface area contributed by atoms with Crippen LogP contribution >= 0.6 is 0 Å². The number of halogens is 1. The molecule has 0 radical (unpaired) electrons. The number of amides is 2. The van der Waals surface area contributed by atoms with Gasteiger partial charge in [-0.15, -0.1) is 0 Å². The van der Waals surface area contributed by atoms with Crippen LogP contribution in [0.5, 0.6) is 0 Å². The number of hydrogen-bond acceptors (Lipinski definition) is 3. The molecule has 2 aromatic rings. The largest absolute Gasteiger partial charge is 0.351 e. The second-order valence-electron chi connectivity index (χ2n) is 8.93. The van der Waals surface area contributed by atoms with Crippen molar-refractivity contribution in [3.63, 3.8) is 0 Å². The number of piperazine rings is 1. The van der Waals surface area contributed by atoms with E-state index in [1.54, 1.807) is 12.1 Å². The summed E-state index contributed by atoms with van der Waals surface area (Å²) in [7, 11) is 0. The third-order valence-electron chi connectivity index (χ3n) is 5.92. The maximum Gasteiger partial charge on any atom is 0.268 e. The van der Waals surface area contributed by atoms with Crippen molar-refractivity contribution in [3.8, 4) is 0 Å². The normalized spacial score (nSPS) is 25.4. The Kier molecular flexibility index (Phi) is 3.86. The van der Waals surface area contributed by atoms with Gasteiger partial charge in [0.1, 0.15) is 17.6 Å². The lowest BCUT2D eigenvalue weighted by atomic mass is 9.72. The van der Waals surface area contributed by atoms with Crippen molar-refractivity contribution < 1.29 is 14.0 Å². The molecule has 7 heteroatoms. The molecule has 2 unspecified atom stereocenters. The van der Waals surface area contributed by atoms with Gasteiger partial charge in [0.05, 0.1) is 5.54 Å². The van der Waals surface area contributed by atoms with E-state index in [0.717, 1.165) is 6.54 Å². The molecular formula is C20H25FN4O2. The fraction of sp³-hybridized carbons (Fsp3) is 0.500. The Balaban J connectivity index is 1.56. The number of fused-ring (bicyclic) bond motifs is 2. The Bertz CT molecular complexity index is 932. The number of carbonyl (C=O) groups is 2. The number of aromatic nitrogens is 1. The van der Waals surface area contributed by atoms with Crippen molar-refractivity contribution in [1.82, 2.24) is 20.5 Å². The number of nitrogens with zero attached hydrogens (tertiary/aromatic N) is 1. The van der Waals surface area contributed by atoms with Gasteiger partial charge in [-0.2, -0.15) is 0 Å². The highest BCUT2D eigenvalue weighted by Gasteiger charge is 2.59. The van der Waals surface area contributed by atoms with Crippen LogP contribution in [0.3, 0.4) is 0 Å². The number of carbonyl (C=O) groups excluding carboxylic acids is 2. The van der Waals surface area contributed by atoms with Crippen LogP contribution in [-0.2, 0) is 4.79 Å². The van der Waals surface area contributed by atoms with Crippen LogP contribution in [0.1, 0.15) is 38.2 Å². The number of rotatable bonds is 3. The fourth-order valence-electron chi connectivity index (χ4n) is 3.95. The molecule has 144 valence electrons. The highest BCUT2D eigenvalue weighted by Crippen LogP contribution is 2.38. The molecule has 4 rings (SSSR count). The first-order valence-corrected chi connectivity index (χ1v) is 9.23. The molecule has 2 aliphatic heterocycles. The van der Waals surface area contributed by atoms with Crippen LogP contribution in [0.15, 0.2) is 24.3 Å². The van der Waals surface area contributed by atoms with E-state index in [1.165, 1.54) is 12.1 Å². The summed E-state index contributed by atoms with van der Waals surface area (Å²) in [5, 5.41) is 6.84. The molecule has 0 aliphatic carbocycles. The minimum Gasteiger partial charge on any atom is -0.351 e. The first-order valence-electron chi connectivity index (χ1n) is 9.23. The summed E-state index contributed by atoms with van der Waals surface area (Å²) in [5.41, 5.74) is 0.405. The lowest BCUT2D eigenvalue weighted by Gasteiger charge is -2.65. The van der Waals surface area contributed by atoms with E-state index in [4.69, 9.17) is 0 Å². The van der Waals surface area contributed by atoms with Gasteiger partial charge in [0.2, 0.25) is 5.91 Å². The van der Waals surface area contributed by atoms with E-state index in [1.807, 2.05) is 25.7 Å². The van der Waals surface area contributed by atoms with Gasteiger partial charge in [0.25, 0.3) is 5.91 Å². The van der Waals surface area contributed by atoms with Crippen LogP contribution in [0.4, 0.5) is 4.39 Å². The molecule has 0 bridgehead atoms. The van der Waals surface area contributed by atoms with Gasteiger partial charge >= 0.3 is 0 Å². The summed E-state index contributed by atoms with van der Waals surface area (Å²) in [4.78, 5) is 30.8. The van der Waals surface area contributed by atoms with E-state index in [2.05, 4.69) is 22.5 Å². The van der Waals surface area contributed by atoms with E-state index < -0.39 is 11.5 Å². The van der Waals surface area contributed by atoms with Gasteiger partial charge < -0.3 is 20.5 Å². The van der Waals surface area contributed by atoms with Gasteiger partial charge in [0, 0.05) is 30.0 Å². The molecule has 2 amide bonds. The molecule has 2 aliphatic rings. The van der Waals surface area contributed by atoms with Crippen molar-refractivity contribution in [1.29, 1.82) is 0 Å². The SMILES string of the molecule is CC(C)(C)C(NC(=O)c1cc2cc(F)ccc2[nH]1)C(=O)N1C[C@H]2NCC21C. The van der Waals surface area contributed by atoms with Crippen LogP contribution < -0.4 is 10.6 Å². The summed E-state index contributed by atoms with van der Waals surface area (Å²) in [5.74, 6) is -0.780. The number of benzene rings is 1. The monoisotopic (exact) mass is 372 g/mol. The second kappa shape index (κ2) is 5.79. The van der Waals surface area contributed by atoms with E-state index in [0.29, 0.717) is 29.2 Å². The Morgan fingerprint density at radius 3 is 2.63 bits per heavy atom. The molecule has 3 N–H and O–H groups in total. The Labute approximate surface area is 157 Å². The van der Waals surface area contributed by atoms with Crippen molar-refractivity contribution >= 4 is 22.7 Å². The molecule has 27 heavy (non-hydrogen) atoms. The van der Waals surface area contributed by atoms with Gasteiger partial charge in [-0.3, -0.25) is 9.59 Å². The maximum atomic E-state index is 13.4. The maximum absolute atomic E-state index is 13.4. The van der Waals surface area contributed by atoms with Crippen LogP contribution in [0, 0.1) is 11.2 Å². The number of aromatic amines is 1. The topological polar surface area (TPSA) is 77.2 Å². The quantitative estimate of drug-likeness (QED) is 0.772. The first kappa shape index (κ1) is 18.0. The smallest absolute Gasteiger partial charge is 0.268 e. The van der Waals surface area contributed by atoms with Crippen molar-refractivity contribution in [2.45, 2.75) is 45.3 Å². The van der Waals surface area contributed by atoms with Crippen LogP contribution in [-0.4, -0.2) is 52.4 Å². The van der Waals surface area contributed by atoms with E-state index in [9.17, 15) is 14.0 Å². The Morgan fingerprint density at radius 1 is 1.33 bits per heavy atom. The van der Waals surface area contributed by atoms with Gasteiger partial charge in [-0.05, 0) is 36.6 Å². The molecule has 0 spiro atoms. The Morgan fingerprint density at radius 2 is 2.07 bits per heavy atom. The number of nitrogens with one attached hydrogen (secondary N) is 3. The third kappa shape index (κ3) is 2.81. The molecule has 3 atom stereocenters. The van der Waals surface area contributed by atoms with E-state index in [-0.39, 0.29) is 23.2 Å². The minimum atomic E-state index is -0.647. The van der Waals surface area contributed by atoms with E-state index >= 15 is 0 Å². The number of H-pyrrole nitrogens is 1. The lowest BCUT2D eigenvalue weighted by Crippen LogP contribution is -2.87. The van der Waals surface area contributed by atoms with Crippen LogP contribution in [0.25, 0.3) is 10.9 Å². The average molecular weight is 372 g/mol. The minimum absolute atomic E-state index is 0.0572. The summed E-state index contributed by atoms with van der Waals surface area (Å²) < 4.78 is 13.4. The standard InChI is InChI=1S/C20H25FN4O2/c1-19(2,3)16(18(27)25-9-15-20(25,4)10-22-15)24-17(26)14-8-11-7-12(21)5-6-13(11)23-14/h5-8,15-16,22-23H,9-10H2,1-4H3,(H,24,26)/t15-,16?,20?/m1/s1. The van der Waals surface area contributed by atoms with Crippen molar-refractivity contribution in [3.05, 3.63) is 35.8 Å². The highest BCUT2D eigenvalue weighted by atomic mass is 19.1. The zero-order chi connectivity index (χ0) is 19.6. The predicted octanol–water partition coefficient (Wildman–Crippen LogP) is 2.02. The lowest BCUT2D eigenvalue weighted by molar-refractivity contribution is -0.166. The molecule has 2 fully saturated rings. The van der Waals surface area contributed by atoms with Gasteiger partial charge in [0.15, 0.2) is 0 Å². The molecule has 1 aromatic heterocycles. The average Bonchev–Trinajstić information content (AvgIpc) is 3.00. The van der Waals surface area contributed by atoms with Gasteiger partial charge in [-0.1, -0.05) is 20.8 Å². The second-order valence-corrected chi connectivity index (χ2v) is 8.93. The molecule has 2 saturated heterocycles. The molecule has 3 heterocycles. The highest BCUT2D eigenvalue weighted by molar-refractivity contribution is 6.00. The third-order valence-corrected chi connectivity index (χ3v) is 5.92. The number of hydrogen-bond donors (Lipinski definition) is 3.